The summed E-state index contributed by atoms with van der Waals surface area (Å²) in [5.41, 5.74) is 0.957. The smallest absolute Gasteiger partial charge is 0.275 e. The van der Waals surface area contributed by atoms with Crippen molar-refractivity contribution in [1.29, 1.82) is 0 Å². The van der Waals surface area contributed by atoms with Crippen molar-refractivity contribution < 1.29 is 23.9 Å². The first-order chi connectivity index (χ1) is 16.2. The molecule has 1 N–H and O–H groups in total. The van der Waals surface area contributed by atoms with Crippen molar-refractivity contribution in [2.45, 2.75) is 32.9 Å². The molecule has 0 bridgehead atoms. The maximum absolute atomic E-state index is 13.2. The molecule has 0 spiro atoms. The van der Waals surface area contributed by atoms with Crippen molar-refractivity contribution in [2.24, 2.45) is 5.92 Å². The molecular weight excluding hydrogens is 438 g/mol. The molecule has 0 radical (unpaired) electrons. The molecule has 10 nitrogen and oxygen atoms in total. The fourth-order valence-corrected chi connectivity index (χ4v) is 3.90. The molecule has 0 aliphatic carbocycles. The lowest BCUT2D eigenvalue weighted by Gasteiger charge is -2.35. The number of methoxy groups -OCH3 is 1. The van der Waals surface area contributed by atoms with Crippen LogP contribution in [0.25, 0.3) is 0 Å². The average molecular weight is 470 g/mol. The predicted molar refractivity (Wildman–Crippen MR) is 126 cm³/mol. The first-order valence-corrected chi connectivity index (χ1v) is 11.1. The van der Waals surface area contributed by atoms with Gasteiger partial charge in [0.05, 0.1) is 23.9 Å². The third kappa shape index (κ3) is 5.88. The van der Waals surface area contributed by atoms with Gasteiger partial charge < -0.3 is 24.6 Å². The summed E-state index contributed by atoms with van der Waals surface area (Å²) in [4.78, 5) is 49.3. The summed E-state index contributed by atoms with van der Waals surface area (Å²) in [6.07, 6.45) is 4.02. The Morgan fingerprint density at radius 1 is 1.21 bits per heavy atom. The van der Waals surface area contributed by atoms with Gasteiger partial charge in [0.2, 0.25) is 5.91 Å². The van der Waals surface area contributed by atoms with Crippen molar-refractivity contribution >= 4 is 23.4 Å². The molecule has 0 fully saturated rings. The second-order valence-electron chi connectivity index (χ2n) is 8.52. The molecule has 0 unspecified atom stereocenters. The number of amides is 3. The third-order valence-corrected chi connectivity index (χ3v) is 5.90. The number of nitrogens with one attached hydrogen (secondary N) is 1. The van der Waals surface area contributed by atoms with Crippen LogP contribution in [0.4, 0.5) is 5.69 Å². The molecule has 10 heteroatoms. The Morgan fingerprint density at radius 3 is 2.62 bits per heavy atom. The van der Waals surface area contributed by atoms with Crippen LogP contribution in [0.3, 0.4) is 0 Å². The van der Waals surface area contributed by atoms with Crippen molar-refractivity contribution in [3.63, 3.8) is 0 Å². The Balaban J connectivity index is 1.93. The Kier molecular flexibility index (Phi) is 8.17. The Hall–Kier alpha value is -3.53. The van der Waals surface area contributed by atoms with E-state index in [0.29, 0.717) is 30.1 Å². The van der Waals surface area contributed by atoms with Crippen LogP contribution >= 0.6 is 0 Å². The van der Waals surface area contributed by atoms with E-state index in [1.807, 2.05) is 13.8 Å². The van der Waals surface area contributed by atoms with Gasteiger partial charge in [0.1, 0.15) is 18.1 Å². The summed E-state index contributed by atoms with van der Waals surface area (Å²) in [7, 11) is 3.31. The molecule has 0 saturated heterocycles. The fraction of sp³-hybridized carbons (Fsp3) is 0.458. The van der Waals surface area contributed by atoms with Crippen LogP contribution in [0.2, 0.25) is 0 Å². The highest BCUT2D eigenvalue weighted by atomic mass is 16.5. The van der Waals surface area contributed by atoms with Crippen LogP contribution in [0, 0.1) is 5.92 Å². The lowest BCUT2D eigenvalue weighted by atomic mass is 10.0. The molecule has 182 valence electrons. The number of carbonyl (C=O) groups excluding carboxylic acids is 3. The SMILES string of the molecule is CO[C@@H]1CN(C)C(=O)c2ccc(NC(=O)c3cnccn3)cc2OC[C@H](C)N(C(C)=O)C[C@@H]1C. The maximum Gasteiger partial charge on any atom is 0.275 e. The van der Waals surface area contributed by atoms with Gasteiger partial charge in [-0.05, 0) is 19.1 Å². The molecule has 1 aromatic carbocycles. The average Bonchev–Trinajstić information content (AvgIpc) is 2.83. The van der Waals surface area contributed by atoms with Crippen LogP contribution in [0.15, 0.2) is 36.8 Å². The van der Waals surface area contributed by atoms with Crippen LogP contribution in [-0.2, 0) is 9.53 Å². The van der Waals surface area contributed by atoms with E-state index in [0.717, 1.165) is 0 Å². The monoisotopic (exact) mass is 469 g/mol. The van der Waals surface area contributed by atoms with E-state index >= 15 is 0 Å². The lowest BCUT2D eigenvalue weighted by Crippen LogP contribution is -2.48. The first-order valence-electron chi connectivity index (χ1n) is 11.1. The summed E-state index contributed by atoms with van der Waals surface area (Å²) in [6.45, 7) is 6.43. The van der Waals surface area contributed by atoms with Crippen LogP contribution < -0.4 is 10.1 Å². The van der Waals surface area contributed by atoms with Gasteiger partial charge in [-0.3, -0.25) is 19.4 Å². The van der Waals surface area contributed by atoms with E-state index < -0.39 is 5.91 Å². The van der Waals surface area contributed by atoms with Gasteiger partial charge in [-0.25, -0.2) is 4.98 Å². The lowest BCUT2D eigenvalue weighted by molar-refractivity contribution is -0.133. The molecule has 1 aromatic heterocycles. The molecule has 2 heterocycles. The molecule has 2 aromatic rings. The molecule has 3 amide bonds. The second-order valence-corrected chi connectivity index (χ2v) is 8.52. The van der Waals surface area contributed by atoms with Gasteiger partial charge in [-0.15, -0.1) is 0 Å². The molecule has 3 rings (SSSR count). The Labute approximate surface area is 199 Å². The van der Waals surface area contributed by atoms with E-state index in [2.05, 4.69) is 15.3 Å². The predicted octanol–water partition coefficient (Wildman–Crippen LogP) is 2.08. The second kappa shape index (κ2) is 11.1. The first kappa shape index (κ1) is 25.1. The number of nitrogens with zero attached hydrogens (tertiary/aromatic N) is 4. The zero-order valence-corrected chi connectivity index (χ0v) is 20.1. The third-order valence-electron chi connectivity index (χ3n) is 5.90. The van der Waals surface area contributed by atoms with Crippen LogP contribution in [0.5, 0.6) is 5.75 Å². The number of benzene rings is 1. The zero-order valence-electron chi connectivity index (χ0n) is 20.1. The van der Waals surface area contributed by atoms with Crippen molar-refractivity contribution in [2.75, 3.05) is 39.2 Å². The minimum Gasteiger partial charge on any atom is -0.491 e. The topological polar surface area (TPSA) is 114 Å². The van der Waals surface area contributed by atoms with Gasteiger partial charge in [0.25, 0.3) is 11.8 Å². The number of aromatic nitrogens is 2. The van der Waals surface area contributed by atoms with E-state index in [-0.39, 0.29) is 42.2 Å². The molecular formula is C24H31N5O5. The fourth-order valence-electron chi connectivity index (χ4n) is 3.90. The molecule has 0 saturated carbocycles. The van der Waals surface area contributed by atoms with Gasteiger partial charge in [-0.1, -0.05) is 6.92 Å². The minimum atomic E-state index is -0.433. The normalized spacial score (nSPS) is 21.6. The largest absolute Gasteiger partial charge is 0.491 e. The maximum atomic E-state index is 13.2. The number of carbonyl (C=O) groups is 3. The quantitative estimate of drug-likeness (QED) is 0.732. The molecule has 1 aliphatic rings. The van der Waals surface area contributed by atoms with Gasteiger partial charge in [-0.2, -0.15) is 0 Å². The number of fused-ring (bicyclic) bond motifs is 1. The number of anilines is 1. The van der Waals surface area contributed by atoms with E-state index in [9.17, 15) is 14.4 Å². The molecule has 3 atom stereocenters. The number of likely N-dealkylation sites (N-methyl/N-ethyl adjacent to an activating group) is 1. The molecule has 34 heavy (non-hydrogen) atoms. The number of ether oxygens (including phenoxy) is 2. The highest BCUT2D eigenvalue weighted by Gasteiger charge is 2.29. The van der Waals surface area contributed by atoms with Crippen molar-refractivity contribution in [3.8, 4) is 5.75 Å². The van der Waals surface area contributed by atoms with Gasteiger partial charge >= 0.3 is 0 Å². The molecule has 1 aliphatic heterocycles. The van der Waals surface area contributed by atoms with E-state index in [4.69, 9.17) is 9.47 Å². The number of rotatable bonds is 3. The highest BCUT2D eigenvalue weighted by Crippen LogP contribution is 2.27. The van der Waals surface area contributed by atoms with Crippen LogP contribution in [0.1, 0.15) is 41.6 Å². The van der Waals surface area contributed by atoms with Crippen molar-refractivity contribution in [1.82, 2.24) is 19.8 Å². The number of hydrogen-bond acceptors (Lipinski definition) is 7. The Morgan fingerprint density at radius 2 is 1.97 bits per heavy atom. The standard InChI is InChI=1S/C24H31N5O5/c1-15-12-29(17(3)30)16(2)14-34-21-10-18(27-23(31)20-11-25-8-9-26-20)6-7-19(21)24(32)28(4)13-22(15)33-5/h6-11,15-16,22H,12-14H2,1-5H3,(H,27,31)/t15-,16-,22+/m0/s1. The number of hydrogen-bond donors (Lipinski definition) is 1. The van der Waals surface area contributed by atoms with Gasteiger partial charge in [0.15, 0.2) is 0 Å². The van der Waals surface area contributed by atoms with E-state index in [1.54, 1.807) is 42.2 Å². The summed E-state index contributed by atoms with van der Waals surface area (Å²) in [6, 6.07) is 4.61. The van der Waals surface area contributed by atoms with Crippen LogP contribution in [-0.4, -0.2) is 83.5 Å². The summed E-state index contributed by atoms with van der Waals surface area (Å²) in [5.74, 6) is -0.411. The minimum absolute atomic E-state index is 0.00386. The zero-order chi connectivity index (χ0) is 24.8. The summed E-state index contributed by atoms with van der Waals surface area (Å²) >= 11 is 0. The highest BCUT2D eigenvalue weighted by molar-refractivity contribution is 6.03. The van der Waals surface area contributed by atoms with Gasteiger partial charge in [0, 0.05) is 64.2 Å². The summed E-state index contributed by atoms with van der Waals surface area (Å²) < 4.78 is 11.7. The Bertz CT molecular complexity index is 1030. The van der Waals surface area contributed by atoms with Crippen molar-refractivity contribution in [3.05, 3.63) is 48.0 Å². The van der Waals surface area contributed by atoms with E-state index in [1.165, 1.54) is 25.5 Å². The summed E-state index contributed by atoms with van der Waals surface area (Å²) in [5, 5.41) is 2.75.